The zero-order valence-corrected chi connectivity index (χ0v) is 19.4. The van der Waals surface area contributed by atoms with Gasteiger partial charge in [0, 0.05) is 16.2 Å². The molecule has 0 aliphatic rings. The van der Waals surface area contributed by atoms with Gasteiger partial charge in [0.2, 0.25) is 5.91 Å². The highest BCUT2D eigenvalue weighted by atomic mass is 127. The van der Waals surface area contributed by atoms with E-state index in [9.17, 15) is 9.59 Å². The number of hydrogen-bond donors (Lipinski definition) is 1. The van der Waals surface area contributed by atoms with Gasteiger partial charge in [0.05, 0.1) is 0 Å². The average Bonchev–Trinajstić information content (AvgIpc) is 2.70. The highest BCUT2D eigenvalue weighted by molar-refractivity contribution is 14.1. The largest absolute Gasteiger partial charge is 0.484 e. The van der Waals surface area contributed by atoms with E-state index in [-0.39, 0.29) is 24.5 Å². The van der Waals surface area contributed by atoms with Crippen molar-refractivity contribution in [2.45, 2.75) is 45.7 Å². The van der Waals surface area contributed by atoms with E-state index in [2.05, 4.69) is 27.9 Å². The number of halogens is 1. The van der Waals surface area contributed by atoms with Crippen LogP contribution in [0.2, 0.25) is 0 Å². The summed E-state index contributed by atoms with van der Waals surface area (Å²) in [6.07, 6.45) is 1.23. The van der Waals surface area contributed by atoms with Crippen LogP contribution in [0.4, 0.5) is 0 Å². The lowest BCUT2D eigenvalue weighted by Crippen LogP contribution is -2.52. The molecular weight excluding hydrogens is 479 g/mol. The summed E-state index contributed by atoms with van der Waals surface area (Å²) in [6.45, 7) is 6.12. The van der Waals surface area contributed by atoms with Crippen LogP contribution in [0.1, 0.15) is 32.8 Å². The van der Waals surface area contributed by atoms with Crippen LogP contribution in [-0.2, 0) is 16.0 Å². The summed E-state index contributed by atoms with van der Waals surface area (Å²) in [5, 5.41) is 2.93. The second-order valence-corrected chi connectivity index (χ2v) is 8.40. The predicted octanol–water partition coefficient (Wildman–Crippen LogP) is 4.04. The van der Waals surface area contributed by atoms with Crippen LogP contribution in [0.25, 0.3) is 0 Å². The van der Waals surface area contributed by atoms with Crippen LogP contribution in [-0.4, -0.2) is 41.9 Å². The SMILES string of the molecule is CC[C@H](C(=O)NC(C)C)N(CCc1ccccc1)C(=O)COc1ccc(I)cc1. The fourth-order valence-corrected chi connectivity index (χ4v) is 3.39. The van der Waals surface area contributed by atoms with E-state index >= 15 is 0 Å². The molecule has 2 amide bonds. The molecule has 0 saturated heterocycles. The molecule has 6 heteroatoms. The van der Waals surface area contributed by atoms with Crippen molar-refractivity contribution >= 4 is 34.4 Å². The molecule has 0 aliphatic carbocycles. The third-order valence-corrected chi connectivity index (χ3v) is 5.20. The third kappa shape index (κ3) is 7.68. The fourth-order valence-electron chi connectivity index (χ4n) is 3.04. The van der Waals surface area contributed by atoms with Gasteiger partial charge in [-0.1, -0.05) is 37.3 Å². The van der Waals surface area contributed by atoms with E-state index < -0.39 is 6.04 Å². The summed E-state index contributed by atoms with van der Waals surface area (Å²) >= 11 is 2.22. The number of amides is 2. The molecule has 0 radical (unpaired) electrons. The fraction of sp³-hybridized carbons (Fsp3) is 0.391. The maximum Gasteiger partial charge on any atom is 0.261 e. The summed E-state index contributed by atoms with van der Waals surface area (Å²) in [6, 6.07) is 17.0. The highest BCUT2D eigenvalue weighted by Gasteiger charge is 2.28. The maximum atomic E-state index is 13.0. The van der Waals surface area contributed by atoms with E-state index in [0.29, 0.717) is 25.1 Å². The lowest BCUT2D eigenvalue weighted by Gasteiger charge is -2.31. The number of nitrogens with zero attached hydrogens (tertiary/aromatic N) is 1. The Morgan fingerprint density at radius 1 is 1.07 bits per heavy atom. The molecule has 1 N–H and O–H groups in total. The van der Waals surface area contributed by atoms with E-state index in [0.717, 1.165) is 9.13 Å². The zero-order chi connectivity index (χ0) is 21.2. The first kappa shape index (κ1) is 23.2. The molecule has 0 saturated carbocycles. The van der Waals surface area contributed by atoms with Crippen molar-refractivity contribution in [3.63, 3.8) is 0 Å². The molecule has 2 aromatic carbocycles. The Labute approximate surface area is 187 Å². The number of nitrogens with one attached hydrogen (secondary N) is 1. The van der Waals surface area contributed by atoms with Crippen molar-refractivity contribution in [3.8, 4) is 5.75 Å². The van der Waals surface area contributed by atoms with Crippen molar-refractivity contribution in [1.82, 2.24) is 10.2 Å². The normalized spacial score (nSPS) is 11.8. The summed E-state index contributed by atoms with van der Waals surface area (Å²) < 4.78 is 6.78. The number of carbonyl (C=O) groups is 2. The van der Waals surface area contributed by atoms with Crippen molar-refractivity contribution in [3.05, 3.63) is 63.7 Å². The van der Waals surface area contributed by atoms with Crippen LogP contribution in [0.5, 0.6) is 5.75 Å². The number of rotatable bonds is 10. The molecule has 2 aromatic rings. The van der Waals surface area contributed by atoms with Crippen molar-refractivity contribution in [1.29, 1.82) is 0 Å². The monoisotopic (exact) mass is 508 g/mol. The van der Waals surface area contributed by atoms with Gasteiger partial charge < -0.3 is 15.0 Å². The molecule has 0 heterocycles. The lowest BCUT2D eigenvalue weighted by molar-refractivity contribution is -0.142. The minimum atomic E-state index is -0.520. The Morgan fingerprint density at radius 2 is 1.72 bits per heavy atom. The van der Waals surface area contributed by atoms with Gasteiger partial charge in [0.15, 0.2) is 6.61 Å². The second kappa shape index (κ2) is 11.8. The summed E-state index contributed by atoms with van der Waals surface area (Å²) in [4.78, 5) is 27.4. The Balaban J connectivity index is 2.11. The smallest absolute Gasteiger partial charge is 0.261 e. The van der Waals surface area contributed by atoms with Crippen LogP contribution in [0, 0.1) is 3.57 Å². The van der Waals surface area contributed by atoms with Crippen LogP contribution >= 0.6 is 22.6 Å². The van der Waals surface area contributed by atoms with E-state index in [1.165, 1.54) is 0 Å². The molecule has 156 valence electrons. The summed E-state index contributed by atoms with van der Waals surface area (Å²) in [7, 11) is 0. The van der Waals surface area contributed by atoms with Gasteiger partial charge in [-0.2, -0.15) is 0 Å². The molecule has 5 nitrogen and oxygen atoms in total. The molecule has 2 rings (SSSR count). The Hall–Kier alpha value is -2.09. The van der Waals surface area contributed by atoms with Crippen molar-refractivity contribution in [2.75, 3.05) is 13.2 Å². The number of ether oxygens (including phenoxy) is 1. The van der Waals surface area contributed by atoms with Gasteiger partial charge in [-0.25, -0.2) is 0 Å². The topological polar surface area (TPSA) is 58.6 Å². The standard InChI is InChI=1S/C23H29IN2O3/c1-4-21(23(28)25-17(2)3)26(15-14-18-8-6-5-7-9-18)22(27)16-29-20-12-10-19(24)11-13-20/h5-13,17,21H,4,14-16H2,1-3H3,(H,25,28)/t21-/m1/s1. The molecule has 0 spiro atoms. The van der Waals surface area contributed by atoms with Crippen LogP contribution < -0.4 is 10.1 Å². The predicted molar refractivity (Wildman–Crippen MR) is 124 cm³/mol. The van der Waals surface area contributed by atoms with Gasteiger partial charge in [-0.05, 0) is 79.1 Å². The first-order valence-corrected chi connectivity index (χ1v) is 11.0. The number of hydrogen-bond acceptors (Lipinski definition) is 3. The van der Waals surface area contributed by atoms with Gasteiger partial charge >= 0.3 is 0 Å². The van der Waals surface area contributed by atoms with E-state index in [1.54, 1.807) is 4.90 Å². The molecule has 29 heavy (non-hydrogen) atoms. The van der Waals surface area contributed by atoms with E-state index in [1.807, 2.05) is 75.4 Å². The second-order valence-electron chi connectivity index (χ2n) is 7.15. The average molecular weight is 508 g/mol. The third-order valence-electron chi connectivity index (χ3n) is 4.48. The van der Waals surface area contributed by atoms with Crippen LogP contribution in [0.3, 0.4) is 0 Å². The molecule has 0 bridgehead atoms. The highest BCUT2D eigenvalue weighted by Crippen LogP contribution is 2.15. The molecule has 1 atom stereocenters. The van der Waals surface area contributed by atoms with Gasteiger partial charge in [0.1, 0.15) is 11.8 Å². The van der Waals surface area contributed by atoms with Gasteiger partial charge in [-0.15, -0.1) is 0 Å². The molecule has 0 fully saturated rings. The quantitative estimate of drug-likeness (QED) is 0.493. The minimum Gasteiger partial charge on any atom is -0.484 e. The first-order valence-electron chi connectivity index (χ1n) is 9.92. The maximum absolute atomic E-state index is 13.0. The Kier molecular flexibility index (Phi) is 9.44. The zero-order valence-electron chi connectivity index (χ0n) is 17.2. The lowest BCUT2D eigenvalue weighted by atomic mass is 10.1. The summed E-state index contributed by atoms with van der Waals surface area (Å²) in [5.74, 6) is 0.324. The minimum absolute atomic E-state index is 0.0191. The van der Waals surface area contributed by atoms with Crippen molar-refractivity contribution in [2.24, 2.45) is 0 Å². The summed E-state index contributed by atoms with van der Waals surface area (Å²) in [5.41, 5.74) is 1.13. The molecule has 0 aliphatic heterocycles. The van der Waals surface area contributed by atoms with E-state index in [4.69, 9.17) is 4.74 Å². The first-order chi connectivity index (χ1) is 13.9. The molecule has 0 unspecified atom stereocenters. The van der Waals surface area contributed by atoms with Crippen LogP contribution in [0.15, 0.2) is 54.6 Å². The number of carbonyl (C=O) groups excluding carboxylic acids is 2. The van der Waals surface area contributed by atoms with Crippen molar-refractivity contribution < 1.29 is 14.3 Å². The van der Waals surface area contributed by atoms with Gasteiger partial charge in [-0.3, -0.25) is 9.59 Å². The Bertz CT molecular complexity index is 778. The number of benzene rings is 2. The van der Waals surface area contributed by atoms with Gasteiger partial charge in [0.25, 0.3) is 5.91 Å². The molecular formula is C23H29IN2O3. The molecule has 0 aromatic heterocycles. The Morgan fingerprint density at radius 3 is 2.31 bits per heavy atom.